The molecule has 2 aromatic heterocycles. The number of anilines is 1. The number of aromatic nitrogens is 2. The molecule has 5 nitrogen and oxygen atoms in total. The molecule has 5 heteroatoms. The van der Waals surface area contributed by atoms with E-state index in [1.165, 1.54) is 0 Å². The second-order valence-electron chi connectivity index (χ2n) is 4.38. The Morgan fingerprint density at radius 2 is 1.75 bits per heavy atom. The minimum atomic E-state index is 0.672. The van der Waals surface area contributed by atoms with E-state index in [1.807, 2.05) is 40.9 Å². The van der Waals surface area contributed by atoms with Gasteiger partial charge in [-0.15, -0.1) is 0 Å². The van der Waals surface area contributed by atoms with Crippen LogP contribution in [-0.4, -0.2) is 23.6 Å². The van der Waals surface area contributed by atoms with Gasteiger partial charge in [0, 0.05) is 11.9 Å². The van der Waals surface area contributed by atoms with Crippen molar-refractivity contribution in [3.8, 4) is 22.9 Å². The standard InChI is InChI=1S/C15H15N3O2/c1-19-12-4-3-5-13(20-2)14(12)15-17-8-11-7-6-10(16)9-18(11)15/h3-9H,16H2,1-2H3. The van der Waals surface area contributed by atoms with Crippen LogP contribution in [0.5, 0.6) is 11.5 Å². The molecule has 0 aliphatic carbocycles. The van der Waals surface area contributed by atoms with Gasteiger partial charge in [-0.3, -0.25) is 4.40 Å². The first-order valence-corrected chi connectivity index (χ1v) is 6.18. The third kappa shape index (κ3) is 1.84. The molecule has 1 aromatic carbocycles. The smallest absolute Gasteiger partial charge is 0.152 e. The molecular weight excluding hydrogens is 254 g/mol. The lowest BCUT2D eigenvalue weighted by atomic mass is 10.1. The molecule has 3 rings (SSSR count). The molecule has 0 amide bonds. The quantitative estimate of drug-likeness (QED) is 0.794. The van der Waals surface area contributed by atoms with E-state index >= 15 is 0 Å². The Kier molecular flexibility index (Phi) is 2.95. The van der Waals surface area contributed by atoms with Gasteiger partial charge in [0.15, 0.2) is 5.82 Å². The Labute approximate surface area is 116 Å². The van der Waals surface area contributed by atoms with Crippen molar-refractivity contribution in [3.05, 3.63) is 42.7 Å². The van der Waals surface area contributed by atoms with Crippen molar-refractivity contribution in [1.29, 1.82) is 0 Å². The van der Waals surface area contributed by atoms with Gasteiger partial charge < -0.3 is 15.2 Å². The number of hydrogen-bond acceptors (Lipinski definition) is 4. The van der Waals surface area contributed by atoms with Crippen molar-refractivity contribution in [2.45, 2.75) is 0 Å². The van der Waals surface area contributed by atoms with Crippen molar-refractivity contribution >= 4 is 11.2 Å². The van der Waals surface area contributed by atoms with Crippen molar-refractivity contribution < 1.29 is 9.47 Å². The number of ether oxygens (including phenoxy) is 2. The molecule has 0 bridgehead atoms. The van der Waals surface area contributed by atoms with Gasteiger partial charge in [0.2, 0.25) is 0 Å². The molecular formula is C15H15N3O2. The first-order valence-electron chi connectivity index (χ1n) is 6.18. The van der Waals surface area contributed by atoms with Crippen LogP contribution in [0, 0.1) is 0 Å². The lowest BCUT2D eigenvalue weighted by Crippen LogP contribution is -1.97. The highest BCUT2D eigenvalue weighted by Crippen LogP contribution is 2.37. The van der Waals surface area contributed by atoms with Crippen molar-refractivity contribution in [1.82, 2.24) is 9.38 Å². The first-order chi connectivity index (χ1) is 9.74. The minimum Gasteiger partial charge on any atom is -0.496 e. The van der Waals surface area contributed by atoms with Gasteiger partial charge >= 0.3 is 0 Å². The van der Waals surface area contributed by atoms with Crippen molar-refractivity contribution in [2.24, 2.45) is 0 Å². The summed E-state index contributed by atoms with van der Waals surface area (Å²) in [6.45, 7) is 0. The summed E-state index contributed by atoms with van der Waals surface area (Å²) in [4.78, 5) is 4.47. The molecule has 0 spiro atoms. The summed E-state index contributed by atoms with van der Waals surface area (Å²) < 4.78 is 12.8. The van der Waals surface area contributed by atoms with Crippen LogP contribution in [0.3, 0.4) is 0 Å². The number of hydrogen-bond donors (Lipinski definition) is 1. The lowest BCUT2D eigenvalue weighted by molar-refractivity contribution is 0.397. The van der Waals surface area contributed by atoms with Gasteiger partial charge in [0.25, 0.3) is 0 Å². The van der Waals surface area contributed by atoms with Gasteiger partial charge in [-0.1, -0.05) is 6.07 Å². The number of benzene rings is 1. The molecule has 3 aromatic rings. The van der Waals surface area contributed by atoms with Gasteiger partial charge in [0.05, 0.1) is 25.9 Å². The van der Waals surface area contributed by atoms with Gasteiger partial charge in [-0.2, -0.15) is 0 Å². The molecule has 0 radical (unpaired) electrons. The van der Waals surface area contributed by atoms with Crippen LogP contribution in [0.25, 0.3) is 16.9 Å². The van der Waals surface area contributed by atoms with Gasteiger partial charge in [-0.05, 0) is 24.3 Å². The van der Waals surface area contributed by atoms with E-state index in [0.29, 0.717) is 17.2 Å². The molecule has 0 atom stereocenters. The fraction of sp³-hybridized carbons (Fsp3) is 0.133. The fourth-order valence-electron chi connectivity index (χ4n) is 2.26. The number of nitrogen functional groups attached to an aromatic ring is 1. The van der Waals surface area contributed by atoms with E-state index in [4.69, 9.17) is 15.2 Å². The molecule has 0 aliphatic heterocycles. The van der Waals surface area contributed by atoms with Gasteiger partial charge in [-0.25, -0.2) is 4.98 Å². The summed E-state index contributed by atoms with van der Waals surface area (Å²) in [5.41, 5.74) is 8.30. The SMILES string of the molecule is COc1cccc(OC)c1-c1ncc2ccc(N)cn12. The number of nitrogens with two attached hydrogens (primary N) is 1. The fourth-order valence-corrected chi connectivity index (χ4v) is 2.26. The summed E-state index contributed by atoms with van der Waals surface area (Å²) in [6, 6.07) is 9.41. The summed E-state index contributed by atoms with van der Waals surface area (Å²) >= 11 is 0. The molecule has 0 fully saturated rings. The summed E-state index contributed by atoms with van der Waals surface area (Å²) in [5.74, 6) is 2.15. The molecule has 0 aliphatic rings. The molecule has 0 unspecified atom stereocenters. The van der Waals surface area contributed by atoms with Crippen LogP contribution in [0.4, 0.5) is 5.69 Å². The maximum atomic E-state index is 5.86. The molecule has 2 heterocycles. The van der Waals surface area contributed by atoms with Crippen LogP contribution in [-0.2, 0) is 0 Å². The third-order valence-corrected chi connectivity index (χ3v) is 3.20. The second-order valence-corrected chi connectivity index (χ2v) is 4.38. The number of pyridine rings is 1. The normalized spacial score (nSPS) is 10.7. The number of methoxy groups -OCH3 is 2. The lowest BCUT2D eigenvalue weighted by Gasteiger charge is -2.12. The Morgan fingerprint density at radius 3 is 2.40 bits per heavy atom. The first kappa shape index (κ1) is 12.3. The highest BCUT2D eigenvalue weighted by Gasteiger charge is 2.17. The highest BCUT2D eigenvalue weighted by molar-refractivity contribution is 5.75. The van der Waals surface area contributed by atoms with E-state index in [2.05, 4.69) is 4.98 Å². The summed E-state index contributed by atoms with van der Waals surface area (Å²) in [5, 5.41) is 0. The maximum Gasteiger partial charge on any atom is 0.152 e. The number of nitrogens with zero attached hydrogens (tertiary/aromatic N) is 2. The monoisotopic (exact) mass is 269 g/mol. The molecule has 102 valence electrons. The Bertz CT molecular complexity index is 743. The van der Waals surface area contributed by atoms with E-state index in [0.717, 1.165) is 16.9 Å². The third-order valence-electron chi connectivity index (χ3n) is 3.20. The zero-order valence-electron chi connectivity index (χ0n) is 11.3. The average Bonchev–Trinajstić information content (AvgIpc) is 2.88. The van der Waals surface area contributed by atoms with E-state index in [9.17, 15) is 0 Å². The molecule has 0 saturated carbocycles. The van der Waals surface area contributed by atoms with Crippen LogP contribution < -0.4 is 15.2 Å². The largest absolute Gasteiger partial charge is 0.496 e. The Hall–Kier alpha value is -2.69. The van der Waals surface area contributed by atoms with Gasteiger partial charge in [0.1, 0.15) is 17.1 Å². The Morgan fingerprint density at radius 1 is 1.05 bits per heavy atom. The van der Waals surface area contributed by atoms with Crippen molar-refractivity contribution in [3.63, 3.8) is 0 Å². The van der Waals surface area contributed by atoms with Crippen molar-refractivity contribution in [2.75, 3.05) is 20.0 Å². The van der Waals surface area contributed by atoms with E-state index in [1.54, 1.807) is 20.4 Å². The zero-order valence-corrected chi connectivity index (χ0v) is 11.3. The topological polar surface area (TPSA) is 61.8 Å². The van der Waals surface area contributed by atoms with E-state index < -0.39 is 0 Å². The Balaban J connectivity index is 2.33. The molecule has 20 heavy (non-hydrogen) atoms. The summed E-state index contributed by atoms with van der Waals surface area (Å²) in [6.07, 6.45) is 3.63. The maximum absolute atomic E-state index is 5.86. The van der Waals surface area contributed by atoms with E-state index in [-0.39, 0.29) is 0 Å². The average molecular weight is 269 g/mol. The van der Waals surface area contributed by atoms with Crippen LogP contribution in [0.1, 0.15) is 0 Å². The predicted octanol–water partition coefficient (Wildman–Crippen LogP) is 2.60. The van der Waals surface area contributed by atoms with Crippen LogP contribution in [0.2, 0.25) is 0 Å². The highest BCUT2D eigenvalue weighted by atomic mass is 16.5. The minimum absolute atomic E-state index is 0.672. The second kappa shape index (κ2) is 4.77. The molecule has 2 N–H and O–H groups in total. The number of imidazole rings is 1. The zero-order chi connectivity index (χ0) is 14.1. The molecule has 0 saturated heterocycles. The summed E-state index contributed by atoms with van der Waals surface area (Å²) in [7, 11) is 3.25. The number of fused-ring (bicyclic) bond motifs is 1. The van der Waals surface area contributed by atoms with Crippen LogP contribution >= 0.6 is 0 Å². The number of rotatable bonds is 3. The predicted molar refractivity (Wildman–Crippen MR) is 78.1 cm³/mol. The van der Waals surface area contributed by atoms with Crippen LogP contribution in [0.15, 0.2) is 42.7 Å².